The molecule has 0 radical (unpaired) electrons. The number of hydrogen-bond donors (Lipinski definition) is 1. The van der Waals surface area contributed by atoms with Gasteiger partial charge in [0.1, 0.15) is 0 Å². The molecule has 1 N–H and O–H groups in total. The predicted octanol–water partition coefficient (Wildman–Crippen LogP) is 4.79. The van der Waals surface area contributed by atoms with Gasteiger partial charge in [0.15, 0.2) is 4.77 Å². The molecule has 1 heterocycles. The summed E-state index contributed by atoms with van der Waals surface area (Å²) in [5, 5.41) is 0.733. The minimum atomic E-state index is 0.666. The summed E-state index contributed by atoms with van der Waals surface area (Å²) in [6.45, 7) is 5.41. The van der Waals surface area contributed by atoms with Gasteiger partial charge in [0, 0.05) is 6.54 Å². The van der Waals surface area contributed by atoms with Gasteiger partial charge in [-0.25, -0.2) is 0 Å². The molecular weight excluding hydrogens is 252 g/mol. The van der Waals surface area contributed by atoms with Crippen molar-refractivity contribution >= 4 is 34.9 Å². The van der Waals surface area contributed by atoms with Crippen molar-refractivity contribution in [3.05, 3.63) is 28.0 Å². The first-order chi connectivity index (χ1) is 8.17. The number of imidazole rings is 1. The van der Waals surface area contributed by atoms with Crippen molar-refractivity contribution in [3.63, 3.8) is 0 Å². The highest BCUT2D eigenvalue weighted by molar-refractivity contribution is 7.71. The number of aromatic nitrogens is 2. The van der Waals surface area contributed by atoms with Crippen LogP contribution in [0.25, 0.3) is 11.0 Å². The van der Waals surface area contributed by atoms with Crippen LogP contribution in [0.1, 0.15) is 26.7 Å². The molecule has 0 atom stereocenters. The van der Waals surface area contributed by atoms with Crippen LogP contribution in [0, 0.1) is 10.7 Å². The van der Waals surface area contributed by atoms with Gasteiger partial charge >= 0.3 is 0 Å². The van der Waals surface area contributed by atoms with E-state index in [1.165, 1.54) is 12.8 Å². The molecule has 0 aliphatic heterocycles. The highest BCUT2D eigenvalue weighted by atomic mass is 35.5. The molecule has 0 spiro atoms. The van der Waals surface area contributed by atoms with Crippen LogP contribution in [0.15, 0.2) is 18.2 Å². The zero-order valence-electron chi connectivity index (χ0n) is 10.2. The van der Waals surface area contributed by atoms with Gasteiger partial charge in [-0.05, 0) is 30.3 Å². The zero-order chi connectivity index (χ0) is 12.4. The Bertz CT molecular complexity index is 566. The van der Waals surface area contributed by atoms with Crippen LogP contribution in [0.4, 0.5) is 0 Å². The highest BCUT2D eigenvalue weighted by Gasteiger charge is 2.10. The molecule has 0 aliphatic rings. The Morgan fingerprint density at radius 1 is 1.35 bits per heavy atom. The van der Waals surface area contributed by atoms with Crippen LogP contribution in [0.3, 0.4) is 0 Å². The Morgan fingerprint density at radius 2 is 2.06 bits per heavy atom. The maximum atomic E-state index is 6.16. The maximum absolute atomic E-state index is 6.16. The number of benzene rings is 1. The Labute approximate surface area is 112 Å². The van der Waals surface area contributed by atoms with Crippen LogP contribution in [0.2, 0.25) is 5.02 Å². The predicted molar refractivity (Wildman–Crippen MR) is 76.2 cm³/mol. The van der Waals surface area contributed by atoms with E-state index in [4.69, 9.17) is 23.8 Å². The first kappa shape index (κ1) is 12.7. The minimum absolute atomic E-state index is 0.666. The number of para-hydroxylation sites is 1. The van der Waals surface area contributed by atoms with Crippen molar-refractivity contribution in [2.24, 2.45) is 5.92 Å². The molecule has 0 bridgehead atoms. The summed E-state index contributed by atoms with van der Waals surface area (Å²) in [5.41, 5.74) is 2.06. The lowest BCUT2D eigenvalue weighted by Gasteiger charge is -2.13. The topological polar surface area (TPSA) is 20.7 Å². The average Bonchev–Trinajstić information content (AvgIpc) is 2.64. The fourth-order valence-electron chi connectivity index (χ4n) is 2.13. The van der Waals surface area contributed by atoms with Crippen LogP contribution in [-0.4, -0.2) is 9.55 Å². The third-order valence-corrected chi connectivity index (χ3v) is 3.99. The first-order valence-corrected chi connectivity index (χ1v) is 6.83. The Morgan fingerprint density at radius 3 is 2.71 bits per heavy atom. The number of hydrogen-bond acceptors (Lipinski definition) is 1. The number of aromatic amines is 1. The van der Waals surface area contributed by atoms with Gasteiger partial charge in [-0.15, -0.1) is 0 Å². The molecule has 92 valence electrons. The Hall–Kier alpha value is -0.800. The van der Waals surface area contributed by atoms with E-state index >= 15 is 0 Å². The quantitative estimate of drug-likeness (QED) is 0.791. The summed E-state index contributed by atoms with van der Waals surface area (Å²) < 4.78 is 2.92. The van der Waals surface area contributed by atoms with E-state index < -0.39 is 0 Å². The second kappa shape index (κ2) is 5.23. The van der Waals surface area contributed by atoms with Crippen molar-refractivity contribution < 1.29 is 0 Å². The summed E-state index contributed by atoms with van der Waals surface area (Å²) in [6, 6.07) is 5.92. The molecule has 0 saturated carbocycles. The zero-order valence-corrected chi connectivity index (χ0v) is 11.7. The van der Waals surface area contributed by atoms with Gasteiger partial charge < -0.3 is 9.55 Å². The molecule has 1 aromatic carbocycles. The second-order valence-electron chi connectivity index (χ2n) is 4.36. The number of halogens is 1. The van der Waals surface area contributed by atoms with Crippen molar-refractivity contribution in [3.8, 4) is 0 Å². The molecule has 0 unspecified atom stereocenters. The fraction of sp³-hybridized carbons (Fsp3) is 0.462. The largest absolute Gasteiger partial charge is 0.329 e. The van der Waals surface area contributed by atoms with E-state index in [0.717, 1.165) is 27.4 Å². The lowest BCUT2D eigenvalue weighted by Crippen LogP contribution is -2.09. The van der Waals surface area contributed by atoms with Crippen molar-refractivity contribution in [2.45, 2.75) is 33.2 Å². The van der Waals surface area contributed by atoms with Gasteiger partial charge in [-0.2, -0.15) is 0 Å². The molecule has 17 heavy (non-hydrogen) atoms. The monoisotopic (exact) mass is 268 g/mol. The SMILES string of the molecule is CCC(CC)Cn1c(=S)[nH]c2c(Cl)cccc21. The molecule has 2 nitrogen and oxygen atoms in total. The van der Waals surface area contributed by atoms with Crippen LogP contribution < -0.4 is 0 Å². The van der Waals surface area contributed by atoms with Gasteiger partial charge in [-0.3, -0.25) is 0 Å². The molecule has 0 aliphatic carbocycles. The highest BCUT2D eigenvalue weighted by Crippen LogP contribution is 2.24. The number of nitrogens with one attached hydrogen (secondary N) is 1. The maximum Gasteiger partial charge on any atom is 0.178 e. The third-order valence-electron chi connectivity index (χ3n) is 3.35. The number of rotatable bonds is 4. The van der Waals surface area contributed by atoms with Crippen molar-refractivity contribution in [1.29, 1.82) is 0 Å². The van der Waals surface area contributed by atoms with E-state index in [1.807, 2.05) is 12.1 Å². The molecule has 2 aromatic rings. The van der Waals surface area contributed by atoms with E-state index in [2.05, 4.69) is 29.5 Å². The Kier molecular flexibility index (Phi) is 3.89. The summed E-state index contributed by atoms with van der Waals surface area (Å²) in [5.74, 6) is 0.666. The van der Waals surface area contributed by atoms with E-state index in [0.29, 0.717) is 5.92 Å². The van der Waals surface area contributed by atoms with E-state index in [-0.39, 0.29) is 0 Å². The first-order valence-electron chi connectivity index (χ1n) is 6.04. The van der Waals surface area contributed by atoms with Crippen molar-refractivity contribution in [2.75, 3.05) is 0 Å². The molecular formula is C13H17ClN2S. The average molecular weight is 269 g/mol. The summed E-state index contributed by atoms with van der Waals surface area (Å²) >= 11 is 11.5. The third kappa shape index (κ3) is 2.40. The standard InChI is InChI=1S/C13H17ClN2S/c1-3-9(4-2)8-16-11-7-5-6-10(14)12(11)15-13(16)17/h5-7,9H,3-4,8H2,1-2H3,(H,15,17). The smallest absolute Gasteiger partial charge is 0.178 e. The number of fused-ring (bicyclic) bond motifs is 1. The van der Waals surface area contributed by atoms with E-state index in [1.54, 1.807) is 0 Å². The lowest BCUT2D eigenvalue weighted by molar-refractivity contribution is 0.422. The molecule has 0 saturated heterocycles. The molecule has 1 aromatic heterocycles. The number of H-pyrrole nitrogens is 1. The molecule has 2 rings (SSSR count). The molecule has 0 amide bonds. The van der Waals surface area contributed by atoms with Crippen LogP contribution in [-0.2, 0) is 6.54 Å². The van der Waals surface area contributed by atoms with Gasteiger partial charge in [0.25, 0.3) is 0 Å². The second-order valence-corrected chi connectivity index (χ2v) is 5.15. The summed E-state index contributed by atoms with van der Waals surface area (Å²) in [7, 11) is 0. The lowest BCUT2D eigenvalue weighted by atomic mass is 10.0. The van der Waals surface area contributed by atoms with Gasteiger partial charge in [0.05, 0.1) is 16.1 Å². The Balaban J connectivity index is 2.50. The summed E-state index contributed by atoms with van der Waals surface area (Å²) in [6.07, 6.45) is 2.34. The number of nitrogens with zero attached hydrogens (tertiary/aromatic N) is 1. The van der Waals surface area contributed by atoms with Crippen LogP contribution in [0.5, 0.6) is 0 Å². The summed E-state index contributed by atoms with van der Waals surface area (Å²) in [4.78, 5) is 3.19. The minimum Gasteiger partial charge on any atom is -0.329 e. The van der Waals surface area contributed by atoms with Gasteiger partial charge in [0.2, 0.25) is 0 Å². The normalized spacial score (nSPS) is 11.5. The molecule has 4 heteroatoms. The van der Waals surface area contributed by atoms with Crippen molar-refractivity contribution in [1.82, 2.24) is 9.55 Å². The fourth-order valence-corrected chi connectivity index (χ4v) is 2.62. The van der Waals surface area contributed by atoms with Crippen LogP contribution >= 0.6 is 23.8 Å². The van der Waals surface area contributed by atoms with E-state index in [9.17, 15) is 0 Å². The molecule has 0 fully saturated rings. The van der Waals surface area contributed by atoms with Gasteiger partial charge in [-0.1, -0.05) is 44.4 Å².